The van der Waals surface area contributed by atoms with Crippen molar-refractivity contribution < 1.29 is 19.1 Å². The quantitative estimate of drug-likeness (QED) is 0.497. The Kier molecular flexibility index (Phi) is 6.02. The SMILES string of the molecule is CCOC(=O)[C@H](C#N)C(=O)c1ccc(NC(=O)c2ccccc2)cc1. The maximum absolute atomic E-state index is 12.2. The third-order valence-electron chi connectivity index (χ3n) is 3.38. The van der Waals surface area contributed by atoms with E-state index in [1.807, 2.05) is 6.07 Å². The molecule has 0 radical (unpaired) electrons. The number of esters is 1. The molecule has 0 aliphatic heterocycles. The van der Waals surface area contributed by atoms with E-state index >= 15 is 0 Å². The first-order valence-electron chi connectivity index (χ1n) is 7.63. The van der Waals surface area contributed by atoms with Crippen molar-refractivity contribution in [3.8, 4) is 6.07 Å². The molecule has 0 aliphatic rings. The third-order valence-corrected chi connectivity index (χ3v) is 3.38. The fraction of sp³-hybridized carbons (Fsp3) is 0.158. The molecule has 0 unspecified atom stereocenters. The minimum atomic E-state index is -1.50. The zero-order valence-corrected chi connectivity index (χ0v) is 13.6. The van der Waals surface area contributed by atoms with Gasteiger partial charge in [-0.15, -0.1) is 0 Å². The molecule has 6 heteroatoms. The van der Waals surface area contributed by atoms with E-state index in [0.29, 0.717) is 11.3 Å². The van der Waals surface area contributed by atoms with Crippen molar-refractivity contribution in [2.24, 2.45) is 5.92 Å². The second kappa shape index (κ2) is 8.41. The number of carbonyl (C=O) groups is 3. The summed E-state index contributed by atoms with van der Waals surface area (Å²) in [7, 11) is 0. The molecule has 0 bridgehead atoms. The lowest BCUT2D eigenvalue weighted by Gasteiger charge is -2.09. The first-order chi connectivity index (χ1) is 12.1. The lowest BCUT2D eigenvalue weighted by Crippen LogP contribution is -2.25. The summed E-state index contributed by atoms with van der Waals surface area (Å²) < 4.78 is 4.72. The Hall–Kier alpha value is -3.46. The number of carbonyl (C=O) groups excluding carboxylic acids is 3. The van der Waals surface area contributed by atoms with E-state index in [1.165, 1.54) is 24.3 Å². The van der Waals surface area contributed by atoms with Gasteiger partial charge in [-0.3, -0.25) is 14.4 Å². The van der Waals surface area contributed by atoms with Gasteiger partial charge in [-0.05, 0) is 43.3 Å². The molecule has 0 saturated carbocycles. The van der Waals surface area contributed by atoms with Crippen molar-refractivity contribution in [3.05, 3.63) is 65.7 Å². The number of amides is 1. The maximum Gasteiger partial charge on any atom is 0.331 e. The molecule has 25 heavy (non-hydrogen) atoms. The van der Waals surface area contributed by atoms with E-state index in [9.17, 15) is 14.4 Å². The Morgan fingerprint density at radius 2 is 1.68 bits per heavy atom. The van der Waals surface area contributed by atoms with Gasteiger partial charge in [0, 0.05) is 16.8 Å². The van der Waals surface area contributed by atoms with Crippen LogP contribution in [0.3, 0.4) is 0 Å². The molecular formula is C19H16N2O4. The number of anilines is 1. The molecule has 2 aromatic rings. The first-order valence-corrected chi connectivity index (χ1v) is 7.63. The molecule has 0 spiro atoms. The molecule has 0 saturated heterocycles. The minimum Gasteiger partial charge on any atom is -0.465 e. The largest absolute Gasteiger partial charge is 0.465 e. The van der Waals surface area contributed by atoms with Gasteiger partial charge >= 0.3 is 5.97 Å². The van der Waals surface area contributed by atoms with Crippen LogP contribution in [0.2, 0.25) is 0 Å². The third kappa shape index (κ3) is 4.52. The Morgan fingerprint density at radius 3 is 2.24 bits per heavy atom. The van der Waals surface area contributed by atoms with Gasteiger partial charge in [0.05, 0.1) is 12.7 Å². The normalized spacial score (nSPS) is 11.0. The predicted octanol–water partition coefficient (Wildman–Crippen LogP) is 2.82. The Bertz CT molecular complexity index is 808. The molecule has 6 nitrogen and oxygen atoms in total. The molecule has 1 N–H and O–H groups in total. The zero-order chi connectivity index (χ0) is 18.2. The van der Waals surface area contributed by atoms with Gasteiger partial charge < -0.3 is 10.1 Å². The summed E-state index contributed by atoms with van der Waals surface area (Å²) in [5.41, 5.74) is 1.20. The van der Waals surface area contributed by atoms with Crippen LogP contribution in [-0.2, 0) is 9.53 Å². The molecule has 2 aromatic carbocycles. The van der Waals surface area contributed by atoms with Gasteiger partial charge in [-0.25, -0.2) is 0 Å². The standard InChI is InChI=1S/C19H16N2O4/c1-2-25-19(24)16(12-20)17(22)13-8-10-15(11-9-13)21-18(23)14-6-4-3-5-7-14/h3-11,16H,2H2,1H3,(H,21,23)/t16-/m1/s1. The predicted molar refractivity (Wildman–Crippen MR) is 90.9 cm³/mol. The fourth-order valence-electron chi connectivity index (χ4n) is 2.12. The number of rotatable bonds is 6. The number of ketones is 1. The van der Waals surface area contributed by atoms with Crippen LogP contribution in [0.4, 0.5) is 5.69 Å². The molecule has 1 atom stereocenters. The Morgan fingerprint density at radius 1 is 1.04 bits per heavy atom. The molecule has 0 aliphatic carbocycles. The van der Waals surface area contributed by atoms with Crippen LogP contribution in [0.25, 0.3) is 0 Å². The van der Waals surface area contributed by atoms with E-state index in [4.69, 9.17) is 10.00 Å². The van der Waals surface area contributed by atoms with Crippen LogP contribution in [0.5, 0.6) is 0 Å². The summed E-state index contributed by atoms with van der Waals surface area (Å²) in [5, 5.41) is 11.7. The summed E-state index contributed by atoms with van der Waals surface area (Å²) in [4.78, 5) is 35.9. The highest BCUT2D eigenvalue weighted by Crippen LogP contribution is 2.15. The van der Waals surface area contributed by atoms with Crippen LogP contribution in [-0.4, -0.2) is 24.3 Å². The van der Waals surface area contributed by atoms with Gasteiger partial charge in [0.1, 0.15) is 0 Å². The molecule has 1 amide bonds. The number of nitrogens with zero attached hydrogens (tertiary/aromatic N) is 1. The average molecular weight is 336 g/mol. The highest BCUT2D eigenvalue weighted by Gasteiger charge is 2.28. The molecule has 2 rings (SSSR count). The van der Waals surface area contributed by atoms with Gasteiger partial charge in [-0.2, -0.15) is 5.26 Å². The van der Waals surface area contributed by atoms with Crippen molar-refractivity contribution in [1.82, 2.24) is 0 Å². The lowest BCUT2D eigenvalue weighted by molar-refractivity contribution is -0.144. The van der Waals surface area contributed by atoms with E-state index in [0.717, 1.165) is 0 Å². The monoisotopic (exact) mass is 336 g/mol. The van der Waals surface area contributed by atoms with Crippen molar-refractivity contribution in [2.75, 3.05) is 11.9 Å². The van der Waals surface area contributed by atoms with Crippen molar-refractivity contribution in [1.29, 1.82) is 5.26 Å². The van der Waals surface area contributed by atoms with E-state index in [-0.39, 0.29) is 18.1 Å². The number of Topliss-reactive ketones (excluding diaryl/α,β-unsaturated/α-hetero) is 1. The molecule has 0 heterocycles. The topological polar surface area (TPSA) is 96.3 Å². The number of nitriles is 1. The van der Waals surface area contributed by atoms with E-state index < -0.39 is 17.7 Å². The molecule has 126 valence electrons. The Labute approximate surface area is 145 Å². The summed E-state index contributed by atoms with van der Waals surface area (Å²) in [6.07, 6.45) is 0. The highest BCUT2D eigenvalue weighted by molar-refractivity contribution is 6.11. The van der Waals surface area contributed by atoms with Gasteiger partial charge in [0.15, 0.2) is 5.78 Å². The molecular weight excluding hydrogens is 320 g/mol. The van der Waals surface area contributed by atoms with E-state index in [1.54, 1.807) is 37.3 Å². The number of benzene rings is 2. The first kappa shape index (κ1) is 17.9. The zero-order valence-electron chi connectivity index (χ0n) is 13.6. The fourth-order valence-corrected chi connectivity index (χ4v) is 2.12. The van der Waals surface area contributed by atoms with E-state index in [2.05, 4.69) is 5.32 Å². The second-order valence-corrected chi connectivity index (χ2v) is 5.08. The van der Waals surface area contributed by atoms with Crippen LogP contribution in [0.1, 0.15) is 27.6 Å². The van der Waals surface area contributed by atoms with Crippen molar-refractivity contribution >= 4 is 23.3 Å². The van der Waals surface area contributed by atoms with Gasteiger partial charge in [0.25, 0.3) is 5.91 Å². The average Bonchev–Trinajstić information content (AvgIpc) is 2.63. The number of nitrogens with one attached hydrogen (secondary N) is 1. The molecule has 0 aromatic heterocycles. The highest BCUT2D eigenvalue weighted by atomic mass is 16.5. The smallest absolute Gasteiger partial charge is 0.331 e. The summed E-state index contributed by atoms with van der Waals surface area (Å²) >= 11 is 0. The second-order valence-electron chi connectivity index (χ2n) is 5.08. The number of hydrogen-bond donors (Lipinski definition) is 1. The number of hydrogen-bond acceptors (Lipinski definition) is 5. The van der Waals surface area contributed by atoms with Crippen molar-refractivity contribution in [2.45, 2.75) is 6.92 Å². The van der Waals surface area contributed by atoms with Gasteiger partial charge in [0.2, 0.25) is 5.92 Å². The van der Waals surface area contributed by atoms with Gasteiger partial charge in [-0.1, -0.05) is 18.2 Å². The summed E-state index contributed by atoms with van der Waals surface area (Å²) in [5.74, 6) is -3.27. The van der Waals surface area contributed by atoms with Crippen LogP contribution in [0, 0.1) is 17.2 Å². The summed E-state index contributed by atoms with van der Waals surface area (Å²) in [6.45, 7) is 1.69. The molecule has 0 fully saturated rings. The lowest BCUT2D eigenvalue weighted by atomic mass is 9.99. The Balaban J connectivity index is 2.09. The van der Waals surface area contributed by atoms with Crippen LogP contribution >= 0.6 is 0 Å². The minimum absolute atomic E-state index is 0.0920. The number of ether oxygens (including phenoxy) is 1. The summed E-state index contributed by atoms with van der Waals surface area (Å²) in [6, 6.07) is 16.3. The van der Waals surface area contributed by atoms with Crippen molar-refractivity contribution in [3.63, 3.8) is 0 Å². The van der Waals surface area contributed by atoms with Crippen LogP contribution in [0.15, 0.2) is 54.6 Å². The van der Waals surface area contributed by atoms with Crippen LogP contribution < -0.4 is 5.32 Å². The maximum atomic E-state index is 12.2.